The summed E-state index contributed by atoms with van der Waals surface area (Å²) in [5.74, 6) is 0. The molecule has 74 valence electrons. The molecule has 1 rings (SSSR count). The van der Waals surface area contributed by atoms with Gasteiger partial charge in [-0.15, -0.1) is 16.7 Å². The number of rotatable bonds is 3. The summed E-state index contributed by atoms with van der Waals surface area (Å²) in [6.45, 7) is 6.32. The van der Waals surface area contributed by atoms with Gasteiger partial charge < -0.3 is 0 Å². The second kappa shape index (κ2) is 3.66. The lowest BCUT2D eigenvalue weighted by Crippen LogP contribution is -2.24. The molecular weight excluding hydrogens is 186 g/mol. The topological polar surface area (TPSA) is 30.7 Å². The lowest BCUT2D eigenvalue weighted by molar-refractivity contribution is 0.438. The number of hydrogen-bond donors (Lipinski definition) is 0. The molecule has 1 unspecified atom stereocenters. The van der Waals surface area contributed by atoms with E-state index in [4.69, 9.17) is 11.6 Å². The predicted octanol–water partition coefficient (Wildman–Crippen LogP) is 2.11. The van der Waals surface area contributed by atoms with E-state index in [9.17, 15) is 0 Å². The highest BCUT2D eigenvalue weighted by Crippen LogP contribution is 2.28. The van der Waals surface area contributed by atoms with E-state index in [0.29, 0.717) is 0 Å². The van der Waals surface area contributed by atoms with E-state index in [1.807, 2.05) is 14.0 Å². The number of nitrogens with zero attached hydrogens (tertiary/aromatic N) is 3. The third-order valence-electron chi connectivity index (χ3n) is 2.20. The van der Waals surface area contributed by atoms with Crippen LogP contribution in [-0.2, 0) is 12.5 Å². The van der Waals surface area contributed by atoms with Gasteiger partial charge in [0.05, 0.1) is 11.9 Å². The third-order valence-corrected chi connectivity index (χ3v) is 2.35. The maximum absolute atomic E-state index is 5.98. The van der Waals surface area contributed by atoms with Gasteiger partial charge in [-0.3, -0.25) is 4.68 Å². The molecule has 1 atom stereocenters. The molecule has 0 N–H and O–H groups in total. The van der Waals surface area contributed by atoms with Crippen LogP contribution >= 0.6 is 11.6 Å². The van der Waals surface area contributed by atoms with Crippen molar-refractivity contribution in [2.45, 2.75) is 38.0 Å². The van der Waals surface area contributed by atoms with E-state index in [2.05, 4.69) is 24.2 Å². The fourth-order valence-corrected chi connectivity index (χ4v) is 2.10. The second-order valence-corrected chi connectivity index (χ2v) is 4.86. The molecule has 0 aliphatic heterocycles. The van der Waals surface area contributed by atoms with Gasteiger partial charge in [0.1, 0.15) is 0 Å². The van der Waals surface area contributed by atoms with Gasteiger partial charge in [0, 0.05) is 17.8 Å². The molecular formula is C9H16ClN3. The minimum absolute atomic E-state index is 0.0411. The molecule has 13 heavy (non-hydrogen) atoms. The van der Waals surface area contributed by atoms with Crippen LogP contribution < -0.4 is 0 Å². The lowest BCUT2D eigenvalue weighted by atomic mass is 9.85. The molecule has 0 aromatic carbocycles. The van der Waals surface area contributed by atoms with Crippen LogP contribution in [0.15, 0.2) is 6.20 Å². The average molecular weight is 202 g/mol. The van der Waals surface area contributed by atoms with Crippen molar-refractivity contribution in [3.8, 4) is 0 Å². The maximum Gasteiger partial charge on any atom is 0.0730 e. The molecule has 0 amide bonds. The van der Waals surface area contributed by atoms with Crippen molar-refractivity contribution in [3.63, 3.8) is 0 Å². The molecule has 1 heterocycles. The fraction of sp³-hybridized carbons (Fsp3) is 0.778. The summed E-state index contributed by atoms with van der Waals surface area (Å²) < 4.78 is 1.80. The Morgan fingerprint density at radius 1 is 1.62 bits per heavy atom. The van der Waals surface area contributed by atoms with Crippen LogP contribution in [0, 0.1) is 0 Å². The number of hydrogen-bond acceptors (Lipinski definition) is 2. The Bertz CT molecular complexity index is 278. The quantitative estimate of drug-likeness (QED) is 0.702. The van der Waals surface area contributed by atoms with Gasteiger partial charge in [-0.05, 0) is 13.3 Å². The SMILES string of the molecule is CC(Cl)CC(C)(C)c1cnnn1C. The van der Waals surface area contributed by atoms with Crippen LogP contribution in [0.2, 0.25) is 0 Å². The van der Waals surface area contributed by atoms with E-state index >= 15 is 0 Å². The fourth-order valence-electron chi connectivity index (χ4n) is 1.71. The predicted molar refractivity (Wildman–Crippen MR) is 54.0 cm³/mol. The highest BCUT2D eigenvalue weighted by molar-refractivity contribution is 6.20. The third kappa shape index (κ3) is 2.44. The molecule has 0 saturated carbocycles. The summed E-state index contributed by atoms with van der Waals surface area (Å²) in [7, 11) is 1.91. The van der Waals surface area contributed by atoms with E-state index < -0.39 is 0 Å². The highest BCUT2D eigenvalue weighted by Gasteiger charge is 2.25. The normalized spacial score (nSPS) is 14.5. The van der Waals surface area contributed by atoms with Crippen LogP contribution in [-0.4, -0.2) is 20.4 Å². The first-order valence-corrected chi connectivity index (χ1v) is 4.86. The minimum atomic E-state index is 0.0411. The first kappa shape index (κ1) is 10.5. The summed E-state index contributed by atoms with van der Waals surface area (Å²) in [5, 5.41) is 7.95. The van der Waals surface area contributed by atoms with Gasteiger partial charge in [0.2, 0.25) is 0 Å². The molecule has 0 bridgehead atoms. The standard InChI is InChI=1S/C9H16ClN3/c1-7(10)5-9(2,3)8-6-11-12-13(8)4/h6-7H,5H2,1-4H3. The molecule has 4 heteroatoms. The molecule has 0 radical (unpaired) electrons. The van der Waals surface area contributed by atoms with Gasteiger partial charge in [-0.25, -0.2) is 0 Å². The number of aromatic nitrogens is 3. The zero-order valence-corrected chi connectivity index (χ0v) is 9.34. The molecule has 0 saturated heterocycles. The molecule has 3 nitrogen and oxygen atoms in total. The molecule has 0 fully saturated rings. The van der Waals surface area contributed by atoms with Crippen molar-refractivity contribution in [1.29, 1.82) is 0 Å². The van der Waals surface area contributed by atoms with Crippen molar-refractivity contribution in [2.24, 2.45) is 7.05 Å². The van der Waals surface area contributed by atoms with Crippen LogP contribution in [0.3, 0.4) is 0 Å². The van der Waals surface area contributed by atoms with Crippen molar-refractivity contribution in [2.75, 3.05) is 0 Å². The highest BCUT2D eigenvalue weighted by atomic mass is 35.5. The summed E-state index contributed by atoms with van der Waals surface area (Å²) >= 11 is 5.98. The van der Waals surface area contributed by atoms with E-state index in [-0.39, 0.29) is 10.8 Å². The van der Waals surface area contributed by atoms with Gasteiger partial charge in [0.15, 0.2) is 0 Å². The van der Waals surface area contributed by atoms with E-state index in [0.717, 1.165) is 12.1 Å². The zero-order valence-electron chi connectivity index (χ0n) is 8.58. The number of alkyl halides is 1. The van der Waals surface area contributed by atoms with Crippen molar-refractivity contribution in [3.05, 3.63) is 11.9 Å². The summed E-state index contributed by atoms with van der Waals surface area (Å²) in [6, 6.07) is 0. The summed E-state index contributed by atoms with van der Waals surface area (Å²) in [5.41, 5.74) is 1.17. The van der Waals surface area contributed by atoms with Crippen LogP contribution in [0.25, 0.3) is 0 Å². The average Bonchev–Trinajstić information content (AvgIpc) is 2.32. The summed E-state index contributed by atoms with van der Waals surface area (Å²) in [6.07, 6.45) is 2.73. The Balaban J connectivity index is 2.87. The zero-order chi connectivity index (χ0) is 10.1. The van der Waals surface area contributed by atoms with Gasteiger partial charge >= 0.3 is 0 Å². The van der Waals surface area contributed by atoms with E-state index in [1.54, 1.807) is 10.9 Å². The first-order chi connectivity index (χ1) is 5.93. The number of aryl methyl sites for hydroxylation is 1. The van der Waals surface area contributed by atoms with Crippen LogP contribution in [0.1, 0.15) is 32.9 Å². The Labute approximate surface area is 84.1 Å². The van der Waals surface area contributed by atoms with Gasteiger partial charge in [-0.2, -0.15) is 0 Å². The largest absolute Gasteiger partial charge is 0.252 e. The minimum Gasteiger partial charge on any atom is -0.252 e. The molecule has 0 aliphatic carbocycles. The monoisotopic (exact) mass is 201 g/mol. The number of halogens is 1. The van der Waals surface area contributed by atoms with Crippen molar-refractivity contribution >= 4 is 11.6 Å². The van der Waals surface area contributed by atoms with Crippen molar-refractivity contribution in [1.82, 2.24) is 15.0 Å². The Morgan fingerprint density at radius 2 is 2.23 bits per heavy atom. The molecule has 0 aliphatic rings. The summed E-state index contributed by atoms with van der Waals surface area (Å²) in [4.78, 5) is 0. The molecule has 0 spiro atoms. The van der Waals surface area contributed by atoms with Crippen molar-refractivity contribution < 1.29 is 0 Å². The smallest absolute Gasteiger partial charge is 0.0730 e. The Kier molecular flexibility index (Phi) is 2.96. The second-order valence-electron chi connectivity index (χ2n) is 4.11. The van der Waals surface area contributed by atoms with Gasteiger partial charge in [-0.1, -0.05) is 19.1 Å². The van der Waals surface area contributed by atoms with Crippen LogP contribution in [0.4, 0.5) is 0 Å². The first-order valence-electron chi connectivity index (χ1n) is 4.43. The molecule has 1 aromatic heterocycles. The Hall–Kier alpha value is -0.570. The lowest BCUT2D eigenvalue weighted by Gasteiger charge is -2.25. The van der Waals surface area contributed by atoms with E-state index in [1.165, 1.54) is 0 Å². The Morgan fingerprint density at radius 3 is 2.62 bits per heavy atom. The van der Waals surface area contributed by atoms with Gasteiger partial charge in [0.25, 0.3) is 0 Å². The maximum atomic E-state index is 5.98. The van der Waals surface area contributed by atoms with Crippen LogP contribution in [0.5, 0.6) is 0 Å². The molecule has 1 aromatic rings.